The highest BCUT2D eigenvalue weighted by molar-refractivity contribution is 5.34. The van der Waals surface area contributed by atoms with Gasteiger partial charge in [0, 0.05) is 5.41 Å². The maximum atomic E-state index is 11.2. The highest BCUT2D eigenvalue weighted by Crippen LogP contribution is 2.64. The third-order valence-electron chi connectivity index (χ3n) is 6.39. The Hall–Kier alpha value is -0.820. The average molecular weight is 270 g/mol. The van der Waals surface area contributed by atoms with Crippen molar-refractivity contribution >= 4 is 0 Å². The van der Waals surface area contributed by atoms with E-state index in [-0.39, 0.29) is 11.5 Å². The van der Waals surface area contributed by atoms with Crippen LogP contribution in [0.15, 0.2) is 18.2 Å². The lowest BCUT2D eigenvalue weighted by molar-refractivity contribution is -0.122. The van der Waals surface area contributed by atoms with Crippen LogP contribution in [-0.4, -0.2) is 5.11 Å². The van der Waals surface area contributed by atoms with E-state index >= 15 is 0 Å². The van der Waals surface area contributed by atoms with Crippen LogP contribution in [-0.2, 0) is 0 Å². The molecule has 1 nitrogen and oxygen atoms in total. The Morgan fingerprint density at radius 1 is 1.00 bits per heavy atom. The van der Waals surface area contributed by atoms with Crippen LogP contribution in [0.1, 0.15) is 61.3 Å². The van der Waals surface area contributed by atoms with Gasteiger partial charge < -0.3 is 5.11 Å². The molecule has 1 atom stereocenters. The van der Waals surface area contributed by atoms with Gasteiger partial charge in [0.1, 0.15) is 0 Å². The van der Waals surface area contributed by atoms with Gasteiger partial charge in [-0.25, -0.2) is 0 Å². The predicted octanol–water partition coefficient (Wildman–Crippen LogP) is 4.55. The topological polar surface area (TPSA) is 20.2 Å². The van der Waals surface area contributed by atoms with Crippen LogP contribution in [0.25, 0.3) is 0 Å². The third kappa shape index (κ3) is 1.86. The number of hydrogen-bond donors (Lipinski definition) is 1. The van der Waals surface area contributed by atoms with Gasteiger partial charge in [-0.1, -0.05) is 23.8 Å². The zero-order valence-corrected chi connectivity index (χ0v) is 12.7. The molecule has 0 heterocycles. The Bertz CT molecular complexity index is 495. The number of benzene rings is 1. The molecule has 4 fully saturated rings. The fourth-order valence-corrected chi connectivity index (χ4v) is 5.90. The summed E-state index contributed by atoms with van der Waals surface area (Å²) in [5.41, 5.74) is 3.94. The first-order valence-electron chi connectivity index (χ1n) is 8.31. The SMILES string of the molecule is Cc1ccc(C)c(C(O)C23CC4CC(CC(C4)C2)C3)c1. The fraction of sp³-hybridized carbons (Fsp3) is 0.684. The van der Waals surface area contributed by atoms with Gasteiger partial charge in [0.2, 0.25) is 0 Å². The van der Waals surface area contributed by atoms with Crippen molar-refractivity contribution in [2.24, 2.45) is 23.2 Å². The van der Waals surface area contributed by atoms with E-state index < -0.39 is 0 Å². The lowest BCUT2D eigenvalue weighted by Crippen LogP contribution is -2.49. The minimum atomic E-state index is -0.240. The number of hydrogen-bond acceptors (Lipinski definition) is 1. The summed E-state index contributed by atoms with van der Waals surface area (Å²) in [6, 6.07) is 6.55. The Labute approximate surface area is 122 Å². The van der Waals surface area contributed by atoms with Crippen molar-refractivity contribution in [1.29, 1.82) is 0 Å². The van der Waals surface area contributed by atoms with Crippen LogP contribution in [0.3, 0.4) is 0 Å². The lowest BCUT2D eigenvalue weighted by atomic mass is 9.47. The molecule has 0 spiro atoms. The summed E-state index contributed by atoms with van der Waals surface area (Å²) in [6.45, 7) is 4.29. The molecule has 0 saturated heterocycles. The molecule has 1 heteroatoms. The highest BCUT2D eigenvalue weighted by Gasteiger charge is 2.54. The summed E-state index contributed by atoms with van der Waals surface area (Å²) in [7, 11) is 0. The Morgan fingerprint density at radius 3 is 2.10 bits per heavy atom. The molecule has 4 aliphatic carbocycles. The van der Waals surface area contributed by atoms with E-state index in [9.17, 15) is 5.11 Å². The quantitative estimate of drug-likeness (QED) is 0.835. The van der Waals surface area contributed by atoms with Gasteiger partial charge in [0.05, 0.1) is 6.10 Å². The monoisotopic (exact) mass is 270 g/mol. The van der Waals surface area contributed by atoms with Crippen molar-refractivity contribution in [2.45, 2.75) is 58.5 Å². The largest absolute Gasteiger partial charge is 0.388 e. The fourth-order valence-electron chi connectivity index (χ4n) is 5.90. The average Bonchev–Trinajstić information content (AvgIpc) is 2.39. The predicted molar refractivity (Wildman–Crippen MR) is 81.5 cm³/mol. The van der Waals surface area contributed by atoms with Crippen molar-refractivity contribution in [3.63, 3.8) is 0 Å². The van der Waals surface area contributed by atoms with Gasteiger partial charge in [-0.2, -0.15) is 0 Å². The molecule has 108 valence electrons. The Kier molecular flexibility index (Phi) is 2.79. The molecule has 1 unspecified atom stereocenters. The number of aliphatic hydroxyl groups is 1. The molecule has 0 aromatic heterocycles. The summed E-state index contributed by atoms with van der Waals surface area (Å²) in [5, 5.41) is 11.2. The molecule has 1 aromatic rings. The van der Waals surface area contributed by atoms with Crippen molar-refractivity contribution in [3.05, 3.63) is 34.9 Å². The van der Waals surface area contributed by atoms with Crippen LogP contribution < -0.4 is 0 Å². The van der Waals surface area contributed by atoms with E-state index in [4.69, 9.17) is 0 Å². The molecule has 20 heavy (non-hydrogen) atoms. The zero-order valence-electron chi connectivity index (χ0n) is 12.7. The molecular formula is C19H26O. The maximum Gasteiger partial charge on any atom is 0.0849 e. The number of aliphatic hydroxyl groups excluding tert-OH is 1. The normalized spacial score (nSPS) is 40.0. The molecule has 4 bridgehead atoms. The zero-order chi connectivity index (χ0) is 13.9. The second-order valence-corrected chi connectivity index (χ2v) is 8.04. The highest BCUT2D eigenvalue weighted by atomic mass is 16.3. The Morgan fingerprint density at radius 2 is 1.55 bits per heavy atom. The van der Waals surface area contributed by atoms with Crippen LogP contribution in [0.2, 0.25) is 0 Å². The van der Waals surface area contributed by atoms with Gasteiger partial charge in [-0.3, -0.25) is 0 Å². The number of aryl methyl sites for hydroxylation is 2. The first-order chi connectivity index (χ1) is 9.56. The lowest BCUT2D eigenvalue weighted by Gasteiger charge is -2.58. The minimum Gasteiger partial charge on any atom is -0.388 e. The molecule has 4 saturated carbocycles. The summed E-state index contributed by atoms with van der Waals surface area (Å²) in [4.78, 5) is 0. The third-order valence-corrected chi connectivity index (χ3v) is 6.39. The molecule has 1 N–H and O–H groups in total. The molecule has 0 aliphatic heterocycles. The standard InChI is InChI=1S/C19H26O/c1-12-3-4-13(2)17(5-12)18(20)19-9-14-6-15(10-19)8-16(7-14)11-19/h3-5,14-16,18,20H,6-11H2,1-2H3. The van der Waals surface area contributed by atoms with Gasteiger partial charge >= 0.3 is 0 Å². The summed E-state index contributed by atoms with van der Waals surface area (Å²) < 4.78 is 0. The molecule has 0 amide bonds. The van der Waals surface area contributed by atoms with Crippen molar-refractivity contribution < 1.29 is 5.11 Å². The van der Waals surface area contributed by atoms with Crippen molar-refractivity contribution in [1.82, 2.24) is 0 Å². The van der Waals surface area contributed by atoms with Gasteiger partial charge in [0.25, 0.3) is 0 Å². The van der Waals surface area contributed by atoms with Crippen LogP contribution in [0.5, 0.6) is 0 Å². The first kappa shape index (κ1) is 12.9. The second kappa shape index (κ2) is 4.34. The molecular weight excluding hydrogens is 244 g/mol. The van der Waals surface area contributed by atoms with Gasteiger partial charge in [-0.15, -0.1) is 0 Å². The van der Waals surface area contributed by atoms with E-state index in [0.717, 1.165) is 17.8 Å². The van der Waals surface area contributed by atoms with Crippen molar-refractivity contribution in [2.75, 3.05) is 0 Å². The van der Waals surface area contributed by atoms with Crippen LogP contribution >= 0.6 is 0 Å². The van der Waals surface area contributed by atoms with Gasteiger partial charge in [-0.05, 0) is 81.3 Å². The summed E-state index contributed by atoms with van der Waals surface area (Å²) in [5.74, 6) is 2.71. The summed E-state index contributed by atoms with van der Waals surface area (Å²) in [6.07, 6.45) is 7.90. The smallest absolute Gasteiger partial charge is 0.0849 e. The number of rotatable bonds is 2. The molecule has 1 aromatic carbocycles. The van der Waals surface area contributed by atoms with E-state index in [2.05, 4.69) is 32.0 Å². The van der Waals surface area contributed by atoms with Crippen LogP contribution in [0, 0.1) is 37.0 Å². The molecule has 4 aliphatic rings. The van der Waals surface area contributed by atoms with E-state index in [1.165, 1.54) is 55.2 Å². The Balaban J connectivity index is 1.71. The minimum absolute atomic E-state index is 0.202. The van der Waals surface area contributed by atoms with Gasteiger partial charge in [0.15, 0.2) is 0 Å². The molecule has 5 rings (SSSR count). The van der Waals surface area contributed by atoms with E-state index in [1.807, 2.05) is 0 Å². The first-order valence-corrected chi connectivity index (χ1v) is 8.31. The van der Waals surface area contributed by atoms with Crippen LogP contribution in [0.4, 0.5) is 0 Å². The van der Waals surface area contributed by atoms with Crippen molar-refractivity contribution in [3.8, 4) is 0 Å². The van der Waals surface area contributed by atoms with E-state index in [1.54, 1.807) is 0 Å². The molecule has 0 radical (unpaired) electrons. The van der Waals surface area contributed by atoms with E-state index in [0.29, 0.717) is 0 Å². The second-order valence-electron chi connectivity index (χ2n) is 8.04. The maximum absolute atomic E-state index is 11.2. The summed E-state index contributed by atoms with van der Waals surface area (Å²) >= 11 is 0.